The molecule has 0 radical (unpaired) electrons. The first-order valence-corrected chi connectivity index (χ1v) is 8.18. The van der Waals surface area contributed by atoms with Crippen LogP contribution in [0.25, 0.3) is 0 Å². The summed E-state index contributed by atoms with van der Waals surface area (Å²) >= 11 is 6.63. The molecule has 0 aliphatic carbocycles. The maximum atomic E-state index is 6.63. The maximum absolute atomic E-state index is 6.63. The van der Waals surface area contributed by atoms with Crippen LogP contribution in [0.2, 0.25) is 0 Å². The van der Waals surface area contributed by atoms with E-state index in [1.54, 1.807) is 0 Å². The summed E-state index contributed by atoms with van der Waals surface area (Å²) in [5.41, 5.74) is 2.94. The Morgan fingerprint density at radius 1 is 1.30 bits per heavy atom. The summed E-state index contributed by atoms with van der Waals surface area (Å²) in [5, 5.41) is 0.111. The van der Waals surface area contributed by atoms with E-state index in [1.807, 2.05) is 0 Å². The molecule has 1 aliphatic heterocycles. The summed E-state index contributed by atoms with van der Waals surface area (Å²) in [5.74, 6) is 1.69. The number of alkyl halides is 1. The zero-order valence-electron chi connectivity index (χ0n) is 13.2. The molecular formula is C18H27ClO. The Balaban J connectivity index is 2.00. The SMILES string of the molecule is CC(CC(Cl)c1ccc2c(c1)CCCO2)CC(C)(C)C. The van der Waals surface area contributed by atoms with Crippen molar-refractivity contribution >= 4 is 11.6 Å². The topological polar surface area (TPSA) is 9.23 Å². The molecule has 1 heterocycles. The highest BCUT2D eigenvalue weighted by Crippen LogP contribution is 2.36. The Morgan fingerprint density at radius 2 is 2.05 bits per heavy atom. The Labute approximate surface area is 128 Å². The van der Waals surface area contributed by atoms with Crippen molar-refractivity contribution in [1.29, 1.82) is 0 Å². The molecule has 1 aliphatic rings. The molecule has 0 N–H and O–H groups in total. The first-order valence-electron chi connectivity index (χ1n) is 7.75. The van der Waals surface area contributed by atoms with Crippen LogP contribution in [0.4, 0.5) is 0 Å². The van der Waals surface area contributed by atoms with Crippen LogP contribution >= 0.6 is 11.6 Å². The lowest BCUT2D eigenvalue weighted by Gasteiger charge is -2.25. The lowest BCUT2D eigenvalue weighted by molar-refractivity contribution is 0.287. The molecule has 0 spiro atoms. The largest absolute Gasteiger partial charge is 0.493 e. The molecule has 112 valence electrons. The van der Waals surface area contributed by atoms with Crippen LogP contribution in [0, 0.1) is 11.3 Å². The molecule has 0 aromatic heterocycles. The average Bonchev–Trinajstić information content (AvgIpc) is 2.35. The number of hydrogen-bond donors (Lipinski definition) is 0. The molecule has 0 bridgehead atoms. The first kappa shape index (κ1) is 15.7. The molecule has 2 unspecified atom stereocenters. The van der Waals surface area contributed by atoms with Crippen molar-refractivity contribution in [1.82, 2.24) is 0 Å². The van der Waals surface area contributed by atoms with Crippen LogP contribution in [-0.4, -0.2) is 6.61 Å². The summed E-state index contributed by atoms with van der Waals surface area (Å²) < 4.78 is 5.66. The van der Waals surface area contributed by atoms with E-state index in [1.165, 1.54) is 17.5 Å². The van der Waals surface area contributed by atoms with Gasteiger partial charge in [-0.05, 0) is 54.2 Å². The lowest BCUT2D eigenvalue weighted by atomic mass is 9.83. The first-order chi connectivity index (χ1) is 9.35. The molecule has 0 amide bonds. The van der Waals surface area contributed by atoms with Gasteiger partial charge in [0.15, 0.2) is 0 Å². The summed E-state index contributed by atoms with van der Waals surface area (Å²) in [6.07, 6.45) is 4.48. The maximum Gasteiger partial charge on any atom is 0.122 e. The zero-order chi connectivity index (χ0) is 14.8. The predicted octanol–water partition coefficient (Wildman–Crippen LogP) is 5.75. The van der Waals surface area contributed by atoms with E-state index in [0.717, 1.165) is 31.6 Å². The van der Waals surface area contributed by atoms with Crippen molar-refractivity contribution in [3.63, 3.8) is 0 Å². The van der Waals surface area contributed by atoms with Crippen molar-refractivity contribution in [3.8, 4) is 5.75 Å². The average molecular weight is 295 g/mol. The smallest absolute Gasteiger partial charge is 0.122 e. The molecule has 20 heavy (non-hydrogen) atoms. The van der Waals surface area contributed by atoms with Gasteiger partial charge in [0.1, 0.15) is 5.75 Å². The molecule has 2 heteroatoms. The van der Waals surface area contributed by atoms with Crippen LogP contribution in [0.15, 0.2) is 18.2 Å². The highest BCUT2D eigenvalue weighted by atomic mass is 35.5. The molecule has 1 aromatic carbocycles. The van der Waals surface area contributed by atoms with Crippen molar-refractivity contribution in [2.24, 2.45) is 11.3 Å². The third-order valence-corrected chi connectivity index (χ3v) is 4.29. The van der Waals surface area contributed by atoms with Gasteiger partial charge in [0.05, 0.1) is 12.0 Å². The van der Waals surface area contributed by atoms with Crippen molar-refractivity contribution < 1.29 is 4.74 Å². The molecule has 0 saturated carbocycles. The fraction of sp³-hybridized carbons (Fsp3) is 0.667. The van der Waals surface area contributed by atoms with Gasteiger partial charge in [0.25, 0.3) is 0 Å². The van der Waals surface area contributed by atoms with E-state index >= 15 is 0 Å². The second-order valence-corrected chi connectivity index (χ2v) is 7.92. The van der Waals surface area contributed by atoms with Crippen molar-refractivity contribution in [2.45, 2.75) is 58.8 Å². The van der Waals surface area contributed by atoms with E-state index in [9.17, 15) is 0 Å². The lowest BCUT2D eigenvalue weighted by Crippen LogP contribution is -2.13. The number of benzene rings is 1. The van der Waals surface area contributed by atoms with Crippen LogP contribution < -0.4 is 4.74 Å². The number of ether oxygens (including phenoxy) is 1. The fourth-order valence-electron chi connectivity index (χ4n) is 3.19. The zero-order valence-corrected chi connectivity index (χ0v) is 14.0. The second kappa shape index (κ2) is 6.39. The standard InChI is InChI=1S/C18H27ClO/c1-13(12-18(2,3)4)10-16(19)14-7-8-17-15(11-14)6-5-9-20-17/h7-8,11,13,16H,5-6,9-10,12H2,1-4H3. The molecule has 2 atom stereocenters. The van der Waals surface area contributed by atoms with E-state index in [2.05, 4.69) is 45.9 Å². The Bertz CT molecular complexity index is 447. The molecular weight excluding hydrogens is 268 g/mol. The monoisotopic (exact) mass is 294 g/mol. The Morgan fingerprint density at radius 3 is 2.75 bits per heavy atom. The van der Waals surface area contributed by atoms with E-state index in [0.29, 0.717) is 11.3 Å². The third-order valence-electron chi connectivity index (χ3n) is 3.86. The highest BCUT2D eigenvalue weighted by Gasteiger charge is 2.20. The van der Waals surface area contributed by atoms with Crippen LogP contribution in [0.3, 0.4) is 0 Å². The van der Waals surface area contributed by atoms with Gasteiger partial charge in [0.2, 0.25) is 0 Å². The minimum absolute atomic E-state index is 0.111. The molecule has 0 fully saturated rings. The third kappa shape index (κ3) is 4.41. The van der Waals surface area contributed by atoms with Gasteiger partial charge in [0, 0.05) is 0 Å². The van der Waals surface area contributed by atoms with Crippen LogP contribution in [0.5, 0.6) is 5.75 Å². The normalized spacial score (nSPS) is 18.1. The quantitative estimate of drug-likeness (QED) is 0.642. The number of halogens is 1. The molecule has 1 aromatic rings. The minimum atomic E-state index is 0.111. The molecule has 0 saturated heterocycles. The number of hydrogen-bond acceptors (Lipinski definition) is 1. The van der Waals surface area contributed by atoms with Gasteiger partial charge in [-0.15, -0.1) is 11.6 Å². The van der Waals surface area contributed by atoms with Gasteiger partial charge in [-0.3, -0.25) is 0 Å². The van der Waals surface area contributed by atoms with Gasteiger partial charge in [-0.1, -0.05) is 39.8 Å². The Hall–Kier alpha value is -0.690. The van der Waals surface area contributed by atoms with Crippen LogP contribution in [-0.2, 0) is 6.42 Å². The summed E-state index contributed by atoms with van der Waals surface area (Å²) in [6, 6.07) is 6.47. The Kier molecular flexibility index (Phi) is 5.01. The molecule has 1 nitrogen and oxygen atoms in total. The van der Waals surface area contributed by atoms with E-state index in [-0.39, 0.29) is 5.38 Å². The molecule has 2 rings (SSSR count). The summed E-state index contributed by atoms with van der Waals surface area (Å²) in [6.45, 7) is 10.0. The number of aryl methyl sites for hydroxylation is 1. The van der Waals surface area contributed by atoms with Gasteiger partial charge in [-0.25, -0.2) is 0 Å². The van der Waals surface area contributed by atoms with E-state index in [4.69, 9.17) is 16.3 Å². The van der Waals surface area contributed by atoms with Crippen molar-refractivity contribution in [2.75, 3.05) is 6.61 Å². The summed E-state index contributed by atoms with van der Waals surface area (Å²) in [4.78, 5) is 0. The minimum Gasteiger partial charge on any atom is -0.493 e. The second-order valence-electron chi connectivity index (χ2n) is 7.39. The predicted molar refractivity (Wildman–Crippen MR) is 86.7 cm³/mol. The van der Waals surface area contributed by atoms with Gasteiger partial charge >= 0.3 is 0 Å². The fourth-order valence-corrected chi connectivity index (χ4v) is 3.63. The van der Waals surface area contributed by atoms with Crippen LogP contribution in [0.1, 0.15) is 63.5 Å². The van der Waals surface area contributed by atoms with Crippen molar-refractivity contribution in [3.05, 3.63) is 29.3 Å². The van der Waals surface area contributed by atoms with Gasteiger partial charge in [-0.2, -0.15) is 0 Å². The number of rotatable bonds is 4. The summed E-state index contributed by atoms with van der Waals surface area (Å²) in [7, 11) is 0. The number of fused-ring (bicyclic) bond motifs is 1. The highest BCUT2D eigenvalue weighted by molar-refractivity contribution is 6.20. The van der Waals surface area contributed by atoms with E-state index < -0.39 is 0 Å². The van der Waals surface area contributed by atoms with Gasteiger partial charge < -0.3 is 4.74 Å².